The smallest absolute Gasteiger partial charge is 0.295 e. The van der Waals surface area contributed by atoms with Crippen LogP contribution in [0, 0.1) is 5.82 Å². The SMILES string of the molecule is CCOCN(N)/C(=C(\N)c1ccc(F)cc1)c1cnc(NCc2ccccc2)o1. The molecule has 3 rings (SSSR count). The minimum Gasteiger partial charge on any atom is -0.422 e. The van der Waals surface area contributed by atoms with Gasteiger partial charge in [0.2, 0.25) is 0 Å². The van der Waals surface area contributed by atoms with Crippen LogP contribution in [0.5, 0.6) is 0 Å². The zero-order valence-corrected chi connectivity index (χ0v) is 16.1. The first-order valence-electron chi connectivity index (χ1n) is 9.18. The molecule has 0 saturated heterocycles. The molecule has 8 heteroatoms. The third-order valence-electron chi connectivity index (χ3n) is 4.16. The minimum atomic E-state index is -0.353. The van der Waals surface area contributed by atoms with Crippen molar-refractivity contribution in [3.63, 3.8) is 0 Å². The van der Waals surface area contributed by atoms with E-state index in [2.05, 4.69) is 10.3 Å². The van der Waals surface area contributed by atoms with Crippen LogP contribution in [-0.4, -0.2) is 23.3 Å². The second-order valence-electron chi connectivity index (χ2n) is 6.23. The Kier molecular flexibility index (Phi) is 6.83. The highest BCUT2D eigenvalue weighted by molar-refractivity contribution is 5.86. The van der Waals surface area contributed by atoms with Crippen molar-refractivity contribution in [2.75, 3.05) is 18.7 Å². The summed E-state index contributed by atoms with van der Waals surface area (Å²) in [6, 6.07) is 16.0. The summed E-state index contributed by atoms with van der Waals surface area (Å²) in [6.07, 6.45) is 1.53. The Bertz CT molecular complexity index is 941. The number of hydrogen-bond acceptors (Lipinski definition) is 7. The average Bonchev–Trinajstić information content (AvgIpc) is 3.20. The van der Waals surface area contributed by atoms with Gasteiger partial charge in [0.05, 0.1) is 11.9 Å². The monoisotopic (exact) mass is 397 g/mol. The summed E-state index contributed by atoms with van der Waals surface area (Å²) in [5, 5.41) is 4.46. The van der Waals surface area contributed by atoms with E-state index >= 15 is 0 Å². The highest BCUT2D eigenvalue weighted by Gasteiger charge is 2.19. The summed E-state index contributed by atoms with van der Waals surface area (Å²) in [4.78, 5) is 4.25. The number of halogens is 1. The number of hydrogen-bond donors (Lipinski definition) is 3. The predicted molar refractivity (Wildman–Crippen MR) is 110 cm³/mol. The number of hydrazine groups is 1. The largest absolute Gasteiger partial charge is 0.422 e. The van der Waals surface area contributed by atoms with Gasteiger partial charge < -0.3 is 20.2 Å². The molecule has 0 spiro atoms. The van der Waals surface area contributed by atoms with Crippen LogP contribution >= 0.6 is 0 Å². The van der Waals surface area contributed by atoms with Crippen LogP contribution in [0.25, 0.3) is 11.4 Å². The van der Waals surface area contributed by atoms with Crippen molar-refractivity contribution in [2.24, 2.45) is 11.6 Å². The molecule has 29 heavy (non-hydrogen) atoms. The zero-order chi connectivity index (χ0) is 20.6. The topological polar surface area (TPSA) is 103 Å². The van der Waals surface area contributed by atoms with E-state index in [1.54, 1.807) is 12.1 Å². The molecule has 5 N–H and O–H groups in total. The summed E-state index contributed by atoms with van der Waals surface area (Å²) < 4.78 is 24.5. The van der Waals surface area contributed by atoms with Gasteiger partial charge in [-0.25, -0.2) is 15.2 Å². The van der Waals surface area contributed by atoms with Crippen molar-refractivity contribution in [1.82, 2.24) is 9.99 Å². The van der Waals surface area contributed by atoms with E-state index in [0.717, 1.165) is 5.56 Å². The maximum absolute atomic E-state index is 13.3. The van der Waals surface area contributed by atoms with Gasteiger partial charge in [0.1, 0.15) is 18.2 Å². The second-order valence-corrected chi connectivity index (χ2v) is 6.23. The summed E-state index contributed by atoms with van der Waals surface area (Å²) in [6.45, 7) is 3.00. The third kappa shape index (κ3) is 5.34. The number of nitrogens with one attached hydrogen (secondary N) is 1. The normalized spacial score (nSPS) is 11.8. The molecule has 0 bridgehead atoms. The first-order chi connectivity index (χ1) is 14.1. The predicted octanol–water partition coefficient (Wildman–Crippen LogP) is 3.38. The Balaban J connectivity index is 1.87. The van der Waals surface area contributed by atoms with Gasteiger partial charge >= 0.3 is 0 Å². The molecule has 0 saturated carbocycles. The zero-order valence-electron chi connectivity index (χ0n) is 16.1. The standard InChI is InChI=1S/C21H24FN5O2/c1-2-28-14-27(24)20(19(23)16-8-10-17(22)11-9-16)18-13-26-21(29-18)25-12-15-6-4-3-5-7-15/h3-11,13H,2,12,14,23-24H2,1H3,(H,25,26)/b20-19-. The molecule has 0 atom stereocenters. The lowest BCUT2D eigenvalue weighted by atomic mass is 10.1. The number of nitrogens with two attached hydrogens (primary N) is 2. The number of nitrogens with zero attached hydrogens (tertiary/aromatic N) is 2. The molecular formula is C21H24FN5O2. The van der Waals surface area contributed by atoms with Gasteiger partial charge in [-0.15, -0.1) is 0 Å². The molecule has 1 heterocycles. The van der Waals surface area contributed by atoms with Crippen molar-refractivity contribution in [1.29, 1.82) is 0 Å². The fourth-order valence-electron chi connectivity index (χ4n) is 2.69. The van der Waals surface area contributed by atoms with E-state index < -0.39 is 0 Å². The molecule has 7 nitrogen and oxygen atoms in total. The molecule has 0 aliphatic rings. The first kappa shape index (κ1) is 20.4. The number of rotatable bonds is 9. The third-order valence-corrected chi connectivity index (χ3v) is 4.16. The lowest BCUT2D eigenvalue weighted by Gasteiger charge is -2.22. The van der Waals surface area contributed by atoms with E-state index in [-0.39, 0.29) is 12.5 Å². The number of benzene rings is 2. The van der Waals surface area contributed by atoms with E-state index in [1.165, 1.54) is 23.3 Å². The number of oxazole rings is 1. The summed E-state index contributed by atoms with van der Waals surface area (Å²) in [5.74, 6) is 6.18. The number of anilines is 1. The van der Waals surface area contributed by atoms with Gasteiger partial charge in [0.25, 0.3) is 6.01 Å². The van der Waals surface area contributed by atoms with Gasteiger partial charge in [0.15, 0.2) is 5.76 Å². The van der Waals surface area contributed by atoms with Crippen molar-refractivity contribution >= 4 is 17.4 Å². The Hall–Kier alpha value is -3.36. The van der Waals surface area contributed by atoms with Crippen LogP contribution in [0.1, 0.15) is 23.8 Å². The Morgan fingerprint density at radius 1 is 1.17 bits per heavy atom. The lowest BCUT2D eigenvalue weighted by molar-refractivity contribution is 0.0678. The maximum atomic E-state index is 13.3. The molecule has 1 aromatic heterocycles. The van der Waals surface area contributed by atoms with E-state index in [0.29, 0.717) is 41.9 Å². The van der Waals surface area contributed by atoms with Crippen molar-refractivity contribution in [2.45, 2.75) is 13.5 Å². The minimum absolute atomic E-state index is 0.0984. The number of ether oxygens (including phenoxy) is 1. The van der Waals surface area contributed by atoms with Gasteiger partial charge in [-0.05, 0) is 42.3 Å². The highest BCUT2D eigenvalue weighted by atomic mass is 19.1. The Morgan fingerprint density at radius 2 is 1.90 bits per heavy atom. The molecule has 0 aliphatic carbocycles. The summed E-state index contributed by atoms with van der Waals surface area (Å²) >= 11 is 0. The molecule has 0 radical (unpaired) electrons. The summed E-state index contributed by atoms with van der Waals surface area (Å²) in [5.41, 5.74) is 8.74. The van der Waals surface area contributed by atoms with Crippen molar-refractivity contribution < 1.29 is 13.5 Å². The van der Waals surface area contributed by atoms with Gasteiger partial charge in [-0.1, -0.05) is 30.3 Å². The molecule has 0 fully saturated rings. The van der Waals surface area contributed by atoms with Crippen molar-refractivity contribution in [3.05, 3.63) is 83.5 Å². The van der Waals surface area contributed by atoms with Gasteiger partial charge in [0, 0.05) is 13.2 Å². The van der Waals surface area contributed by atoms with Gasteiger partial charge in [-0.3, -0.25) is 5.01 Å². The lowest BCUT2D eigenvalue weighted by Crippen LogP contribution is -2.33. The molecule has 152 valence electrons. The second kappa shape index (κ2) is 9.72. The quantitative estimate of drug-likeness (QED) is 0.289. The fourth-order valence-corrected chi connectivity index (χ4v) is 2.69. The highest BCUT2D eigenvalue weighted by Crippen LogP contribution is 2.27. The maximum Gasteiger partial charge on any atom is 0.295 e. The molecular weight excluding hydrogens is 373 g/mol. The Labute approximate surface area is 168 Å². The fraction of sp³-hybridized carbons (Fsp3) is 0.190. The number of aromatic nitrogens is 1. The molecule has 0 aliphatic heterocycles. The van der Waals surface area contributed by atoms with Gasteiger partial charge in [-0.2, -0.15) is 0 Å². The molecule has 0 unspecified atom stereocenters. The molecule has 3 aromatic rings. The van der Waals surface area contributed by atoms with E-state index in [1.807, 2.05) is 37.3 Å². The van der Waals surface area contributed by atoms with Crippen molar-refractivity contribution in [3.8, 4) is 0 Å². The summed E-state index contributed by atoms with van der Waals surface area (Å²) in [7, 11) is 0. The first-order valence-corrected chi connectivity index (χ1v) is 9.18. The van der Waals surface area contributed by atoms with Crippen LogP contribution in [0.4, 0.5) is 10.4 Å². The van der Waals surface area contributed by atoms with E-state index in [9.17, 15) is 4.39 Å². The van der Waals surface area contributed by atoms with Crippen LogP contribution in [0.3, 0.4) is 0 Å². The Morgan fingerprint density at radius 3 is 2.59 bits per heavy atom. The molecule has 0 amide bonds. The van der Waals surface area contributed by atoms with Crippen LogP contribution in [0.2, 0.25) is 0 Å². The molecule has 2 aromatic carbocycles. The van der Waals surface area contributed by atoms with E-state index in [4.69, 9.17) is 20.7 Å². The van der Waals surface area contributed by atoms with Crippen LogP contribution in [0.15, 0.2) is 65.2 Å². The van der Waals surface area contributed by atoms with Crippen LogP contribution < -0.4 is 16.9 Å². The average molecular weight is 397 g/mol. The van der Waals surface area contributed by atoms with Crippen LogP contribution in [-0.2, 0) is 11.3 Å².